The van der Waals surface area contributed by atoms with Gasteiger partial charge in [-0.1, -0.05) is 11.6 Å². The van der Waals surface area contributed by atoms with Crippen molar-refractivity contribution in [3.05, 3.63) is 17.5 Å². The van der Waals surface area contributed by atoms with Crippen molar-refractivity contribution in [2.75, 3.05) is 18.0 Å². The zero-order chi connectivity index (χ0) is 10.5. The van der Waals surface area contributed by atoms with E-state index in [4.69, 9.17) is 11.6 Å². The maximum Gasteiger partial charge on any atom is 0.151 e. The van der Waals surface area contributed by atoms with Crippen molar-refractivity contribution in [2.45, 2.75) is 18.4 Å². The number of anilines is 1. The predicted molar refractivity (Wildman–Crippen MR) is 56.9 cm³/mol. The minimum atomic E-state index is -0.492. The molecule has 2 fully saturated rings. The first-order chi connectivity index (χ1) is 7.19. The zero-order valence-electron chi connectivity index (χ0n) is 8.23. The highest BCUT2D eigenvalue weighted by atomic mass is 35.5. The Kier molecular flexibility index (Phi) is 1.91. The Bertz CT molecular complexity index is 388. The summed E-state index contributed by atoms with van der Waals surface area (Å²) in [7, 11) is 0. The Morgan fingerprint density at radius 3 is 2.80 bits per heavy atom. The first-order valence-corrected chi connectivity index (χ1v) is 5.50. The summed E-state index contributed by atoms with van der Waals surface area (Å²) < 4.78 is 0. The highest BCUT2D eigenvalue weighted by molar-refractivity contribution is 6.32. The van der Waals surface area contributed by atoms with E-state index < -0.39 is 5.60 Å². The molecule has 2 heterocycles. The molecule has 1 saturated heterocycles. The number of halogens is 1. The van der Waals surface area contributed by atoms with Gasteiger partial charge in [-0.15, -0.1) is 0 Å². The summed E-state index contributed by atoms with van der Waals surface area (Å²) in [5, 5.41) is 10.7. The lowest BCUT2D eigenvalue weighted by atomic mass is 9.89. The van der Waals surface area contributed by atoms with E-state index in [2.05, 4.69) is 9.97 Å². The Morgan fingerprint density at radius 1 is 1.47 bits per heavy atom. The van der Waals surface area contributed by atoms with Crippen LogP contribution in [0.2, 0.25) is 5.02 Å². The standard InChI is InChI=1S/C10H12ClN3O/c11-8-3-12-6-13-9(8)14-4-10(15,5-14)7-1-2-7/h3,6-7,15H,1-2,4-5H2. The lowest BCUT2D eigenvalue weighted by molar-refractivity contribution is -0.00973. The fourth-order valence-electron chi connectivity index (χ4n) is 2.18. The van der Waals surface area contributed by atoms with E-state index in [9.17, 15) is 5.11 Å². The summed E-state index contributed by atoms with van der Waals surface area (Å²) in [6.07, 6.45) is 5.37. The van der Waals surface area contributed by atoms with Gasteiger partial charge in [0.25, 0.3) is 0 Å². The van der Waals surface area contributed by atoms with Crippen LogP contribution in [0.15, 0.2) is 12.5 Å². The number of rotatable bonds is 2. The third-order valence-corrected chi connectivity index (χ3v) is 3.48. The van der Waals surface area contributed by atoms with Crippen molar-refractivity contribution in [1.29, 1.82) is 0 Å². The molecule has 1 aliphatic heterocycles. The first-order valence-electron chi connectivity index (χ1n) is 5.12. The Labute approximate surface area is 92.9 Å². The Morgan fingerprint density at radius 2 is 2.20 bits per heavy atom. The topological polar surface area (TPSA) is 49.2 Å². The number of hydrogen-bond donors (Lipinski definition) is 1. The van der Waals surface area contributed by atoms with Crippen LogP contribution in [0.25, 0.3) is 0 Å². The van der Waals surface area contributed by atoms with Crippen LogP contribution in [0.4, 0.5) is 5.82 Å². The van der Waals surface area contributed by atoms with E-state index in [0.29, 0.717) is 24.0 Å². The molecule has 1 aromatic heterocycles. The van der Waals surface area contributed by atoms with Crippen LogP contribution in [0.5, 0.6) is 0 Å². The molecule has 0 amide bonds. The van der Waals surface area contributed by atoms with Crippen LogP contribution in [0, 0.1) is 5.92 Å². The van der Waals surface area contributed by atoms with Crippen molar-refractivity contribution in [3.8, 4) is 0 Å². The summed E-state index contributed by atoms with van der Waals surface area (Å²) in [6.45, 7) is 1.29. The second-order valence-corrected chi connectivity index (χ2v) is 4.84. The minimum Gasteiger partial charge on any atom is -0.386 e. The van der Waals surface area contributed by atoms with Crippen LogP contribution >= 0.6 is 11.6 Å². The molecule has 4 nitrogen and oxygen atoms in total. The molecule has 1 N–H and O–H groups in total. The number of hydrogen-bond acceptors (Lipinski definition) is 4. The molecule has 0 radical (unpaired) electrons. The van der Waals surface area contributed by atoms with Crippen molar-refractivity contribution in [3.63, 3.8) is 0 Å². The number of nitrogens with zero attached hydrogens (tertiary/aromatic N) is 3. The van der Waals surface area contributed by atoms with Crippen LogP contribution in [0.1, 0.15) is 12.8 Å². The molecule has 2 aliphatic rings. The zero-order valence-corrected chi connectivity index (χ0v) is 8.98. The van der Waals surface area contributed by atoms with Gasteiger partial charge in [-0.25, -0.2) is 9.97 Å². The predicted octanol–water partition coefficient (Wildman–Crippen LogP) is 1.09. The van der Waals surface area contributed by atoms with Gasteiger partial charge < -0.3 is 10.0 Å². The van der Waals surface area contributed by atoms with E-state index in [-0.39, 0.29) is 0 Å². The van der Waals surface area contributed by atoms with Crippen LogP contribution in [-0.2, 0) is 0 Å². The summed E-state index contributed by atoms with van der Waals surface area (Å²) in [5.41, 5.74) is -0.492. The highest BCUT2D eigenvalue weighted by Gasteiger charge is 2.52. The molecule has 80 valence electrons. The molecule has 0 spiro atoms. The lowest BCUT2D eigenvalue weighted by Crippen LogP contribution is -2.63. The van der Waals surface area contributed by atoms with Gasteiger partial charge in [-0.05, 0) is 18.8 Å². The third kappa shape index (κ3) is 1.48. The molecule has 5 heteroatoms. The molecule has 0 atom stereocenters. The molecular weight excluding hydrogens is 214 g/mol. The van der Waals surface area contributed by atoms with Crippen molar-refractivity contribution in [2.24, 2.45) is 5.92 Å². The molecule has 0 unspecified atom stereocenters. The SMILES string of the molecule is OC1(C2CC2)CN(c2ncncc2Cl)C1. The van der Waals surface area contributed by atoms with E-state index in [1.807, 2.05) is 4.90 Å². The maximum atomic E-state index is 10.1. The van der Waals surface area contributed by atoms with Gasteiger partial charge in [0.2, 0.25) is 0 Å². The molecule has 1 aliphatic carbocycles. The smallest absolute Gasteiger partial charge is 0.151 e. The van der Waals surface area contributed by atoms with Gasteiger partial charge >= 0.3 is 0 Å². The van der Waals surface area contributed by atoms with E-state index in [1.54, 1.807) is 6.20 Å². The van der Waals surface area contributed by atoms with Gasteiger partial charge in [-0.3, -0.25) is 0 Å². The van der Waals surface area contributed by atoms with E-state index in [0.717, 1.165) is 18.7 Å². The first kappa shape index (κ1) is 9.36. The van der Waals surface area contributed by atoms with E-state index in [1.165, 1.54) is 6.33 Å². The number of aromatic nitrogens is 2. The quantitative estimate of drug-likeness (QED) is 0.819. The van der Waals surface area contributed by atoms with Gasteiger partial charge in [0, 0.05) is 0 Å². The molecule has 3 rings (SSSR count). The van der Waals surface area contributed by atoms with Gasteiger partial charge in [0.05, 0.1) is 19.3 Å². The van der Waals surface area contributed by atoms with Crippen molar-refractivity contribution < 1.29 is 5.11 Å². The van der Waals surface area contributed by atoms with Gasteiger partial charge in [0.15, 0.2) is 5.82 Å². The fourth-order valence-corrected chi connectivity index (χ4v) is 2.41. The molecule has 0 aromatic carbocycles. The highest BCUT2D eigenvalue weighted by Crippen LogP contribution is 2.45. The summed E-state index contributed by atoms with van der Waals surface area (Å²) in [6, 6.07) is 0. The largest absolute Gasteiger partial charge is 0.386 e. The second kappa shape index (κ2) is 3.06. The summed E-state index contributed by atoms with van der Waals surface area (Å²) in [5.74, 6) is 1.23. The van der Waals surface area contributed by atoms with Crippen LogP contribution in [-0.4, -0.2) is 33.8 Å². The fraction of sp³-hybridized carbons (Fsp3) is 0.600. The Hall–Kier alpha value is -0.870. The monoisotopic (exact) mass is 225 g/mol. The van der Waals surface area contributed by atoms with Crippen LogP contribution in [0.3, 0.4) is 0 Å². The molecule has 15 heavy (non-hydrogen) atoms. The second-order valence-electron chi connectivity index (χ2n) is 4.43. The van der Waals surface area contributed by atoms with Crippen molar-refractivity contribution in [1.82, 2.24) is 9.97 Å². The third-order valence-electron chi connectivity index (χ3n) is 3.21. The van der Waals surface area contributed by atoms with Crippen LogP contribution < -0.4 is 4.90 Å². The van der Waals surface area contributed by atoms with Gasteiger partial charge in [-0.2, -0.15) is 0 Å². The molecule has 0 bridgehead atoms. The maximum absolute atomic E-state index is 10.1. The summed E-state index contributed by atoms with van der Waals surface area (Å²) in [4.78, 5) is 9.96. The molecule has 1 aromatic rings. The summed E-state index contributed by atoms with van der Waals surface area (Å²) >= 11 is 5.97. The number of aliphatic hydroxyl groups is 1. The Balaban J connectivity index is 1.74. The minimum absolute atomic E-state index is 0.492. The average molecular weight is 226 g/mol. The number of β-amino-alcohol motifs (C(OH)–C–C–N with tert-alkyl or cyclic N) is 1. The molecular formula is C10H12ClN3O. The van der Waals surface area contributed by atoms with E-state index >= 15 is 0 Å². The van der Waals surface area contributed by atoms with Gasteiger partial charge in [0.1, 0.15) is 17.0 Å². The molecule has 1 saturated carbocycles. The lowest BCUT2D eigenvalue weighted by Gasteiger charge is -2.47. The van der Waals surface area contributed by atoms with Crippen molar-refractivity contribution >= 4 is 17.4 Å². The normalized spacial score (nSPS) is 23.7. The average Bonchev–Trinajstić information content (AvgIpc) is 2.97.